The molecule has 0 aliphatic carbocycles. The van der Waals surface area contributed by atoms with E-state index < -0.39 is 6.16 Å². The minimum absolute atomic E-state index is 0.249. The van der Waals surface area contributed by atoms with E-state index in [9.17, 15) is 4.79 Å². The molecule has 0 amide bonds. The van der Waals surface area contributed by atoms with Gasteiger partial charge in [-0.15, -0.1) is 5.10 Å². The van der Waals surface area contributed by atoms with E-state index in [1.807, 2.05) is 37.3 Å². The van der Waals surface area contributed by atoms with E-state index in [1.54, 1.807) is 39.8 Å². The minimum Gasteiger partial charge on any atom is -0.432 e. The highest BCUT2D eigenvalue weighted by molar-refractivity contribution is 8.78. The molecule has 0 fully saturated rings. The van der Waals surface area contributed by atoms with E-state index >= 15 is 0 Å². The average Bonchev–Trinajstić information content (AvgIpc) is 2.98. The van der Waals surface area contributed by atoms with Gasteiger partial charge in [0.25, 0.3) is 0 Å². The van der Waals surface area contributed by atoms with Crippen LogP contribution in [0.3, 0.4) is 0 Å². The fraction of sp³-hybridized carbons (Fsp3) is 0.188. The summed E-state index contributed by atoms with van der Waals surface area (Å²) in [5.74, 6) is 0.647. The first-order valence-electron chi connectivity index (χ1n) is 7.11. The second-order valence-electron chi connectivity index (χ2n) is 4.44. The quantitative estimate of drug-likeness (QED) is 0.231. The van der Waals surface area contributed by atoms with Crippen molar-refractivity contribution in [3.63, 3.8) is 0 Å². The van der Waals surface area contributed by atoms with Crippen molar-refractivity contribution in [2.24, 2.45) is 0 Å². The predicted molar refractivity (Wildman–Crippen MR) is 98.6 cm³/mol. The third-order valence-corrected chi connectivity index (χ3v) is 5.13. The number of aromatic nitrogens is 3. The van der Waals surface area contributed by atoms with Gasteiger partial charge in [0.05, 0.1) is 0 Å². The van der Waals surface area contributed by atoms with E-state index in [4.69, 9.17) is 9.57 Å². The molecule has 0 saturated heterocycles. The Hall–Kier alpha value is -2.19. The largest absolute Gasteiger partial charge is 0.535 e. The zero-order chi connectivity index (χ0) is 17.2. The van der Waals surface area contributed by atoms with Crippen molar-refractivity contribution in [2.75, 3.05) is 12.4 Å². The third-order valence-electron chi connectivity index (χ3n) is 2.64. The molecule has 0 unspecified atom stereocenters. The smallest absolute Gasteiger partial charge is 0.432 e. The second kappa shape index (κ2) is 9.84. The second-order valence-corrected chi connectivity index (χ2v) is 7.11. The lowest BCUT2D eigenvalue weighted by atomic mass is 10.3. The Labute approximate surface area is 147 Å². The van der Waals surface area contributed by atoms with Crippen LogP contribution in [0.15, 0.2) is 60.1 Å². The van der Waals surface area contributed by atoms with Gasteiger partial charge in [-0.2, -0.15) is 0 Å². The number of fused-ring (bicyclic) bond motifs is 1. The summed E-state index contributed by atoms with van der Waals surface area (Å²) >= 11 is 0. The molecular weight excluding hydrogens is 346 g/mol. The first kappa shape index (κ1) is 18.2. The Kier molecular flexibility index (Phi) is 7.44. The predicted octanol–water partition coefficient (Wildman–Crippen LogP) is 4.02. The lowest BCUT2D eigenvalue weighted by Crippen LogP contribution is -2.22. The zero-order valence-corrected chi connectivity index (χ0v) is 14.8. The first-order valence-corrected chi connectivity index (χ1v) is 9.43. The van der Waals surface area contributed by atoms with Crippen LogP contribution in [0.5, 0.6) is 0 Å². The molecular formula is C16H17N3O3S2. The Bertz CT molecular complexity index is 756. The Balaban J connectivity index is 1.68. The molecule has 0 spiro atoms. The maximum atomic E-state index is 11.6. The maximum absolute atomic E-state index is 11.6. The van der Waals surface area contributed by atoms with Crippen LogP contribution in [0.1, 0.15) is 6.92 Å². The zero-order valence-electron chi connectivity index (χ0n) is 13.1. The molecule has 0 bridgehead atoms. The van der Waals surface area contributed by atoms with Crippen molar-refractivity contribution in [1.29, 1.82) is 0 Å². The van der Waals surface area contributed by atoms with Crippen molar-refractivity contribution in [1.82, 2.24) is 15.2 Å². The van der Waals surface area contributed by atoms with Crippen LogP contribution in [-0.2, 0) is 4.74 Å². The Morgan fingerprint density at radius 1 is 1.38 bits per heavy atom. The monoisotopic (exact) mass is 363 g/mol. The van der Waals surface area contributed by atoms with Gasteiger partial charge in [-0.25, -0.2) is 4.79 Å². The standard InChI is InChI=1S/C16H17N3O3S2/c1-3-4-5-8-13(2)24-23-12-11-21-16(20)22-19-15-10-7-6-9-14(15)17-18-19/h3-10H,1,11-12H2,2H3/b5-4-,13-8+. The van der Waals surface area contributed by atoms with Gasteiger partial charge in [-0.1, -0.05) is 69.4 Å². The molecule has 0 aliphatic heterocycles. The number of nitrogens with zero attached hydrogens (tertiary/aromatic N) is 3. The molecule has 0 N–H and O–H groups in total. The van der Waals surface area contributed by atoms with Gasteiger partial charge in [0.1, 0.15) is 17.6 Å². The molecule has 0 radical (unpaired) electrons. The average molecular weight is 363 g/mol. The summed E-state index contributed by atoms with van der Waals surface area (Å²) in [5, 5.41) is 7.64. The van der Waals surface area contributed by atoms with Gasteiger partial charge in [-0.05, 0) is 29.2 Å². The number of rotatable bonds is 8. The van der Waals surface area contributed by atoms with Crippen LogP contribution in [0.2, 0.25) is 0 Å². The van der Waals surface area contributed by atoms with Crippen LogP contribution in [0.25, 0.3) is 11.0 Å². The molecule has 0 aliphatic rings. The molecule has 0 atom stereocenters. The molecule has 8 heteroatoms. The summed E-state index contributed by atoms with van der Waals surface area (Å²) in [6.07, 6.45) is 6.69. The fourth-order valence-corrected chi connectivity index (χ4v) is 3.34. The number of carbonyl (C=O) groups excluding carboxylic acids is 1. The van der Waals surface area contributed by atoms with Crippen LogP contribution in [0, 0.1) is 0 Å². The van der Waals surface area contributed by atoms with E-state index in [1.165, 1.54) is 0 Å². The molecule has 0 saturated carbocycles. The molecule has 24 heavy (non-hydrogen) atoms. The normalized spacial score (nSPS) is 11.8. The highest BCUT2D eigenvalue weighted by Crippen LogP contribution is 2.29. The first-order chi connectivity index (χ1) is 11.7. The number of allylic oxidation sites excluding steroid dienone is 5. The van der Waals surface area contributed by atoms with Gasteiger partial charge in [-0.3, -0.25) is 4.84 Å². The molecule has 126 valence electrons. The maximum Gasteiger partial charge on any atom is 0.535 e. The lowest BCUT2D eigenvalue weighted by Gasteiger charge is -2.05. The van der Waals surface area contributed by atoms with E-state index in [0.717, 1.165) is 9.75 Å². The van der Waals surface area contributed by atoms with Crippen LogP contribution in [-0.4, -0.2) is 33.7 Å². The summed E-state index contributed by atoms with van der Waals surface area (Å²) in [6, 6.07) is 7.18. The van der Waals surface area contributed by atoms with Crippen molar-refractivity contribution < 1.29 is 14.4 Å². The number of hydrogen-bond donors (Lipinski definition) is 0. The van der Waals surface area contributed by atoms with Crippen molar-refractivity contribution in [3.05, 3.63) is 60.1 Å². The number of hydrogen-bond acceptors (Lipinski definition) is 7. The van der Waals surface area contributed by atoms with E-state index in [0.29, 0.717) is 16.8 Å². The minimum atomic E-state index is -0.808. The summed E-state index contributed by atoms with van der Waals surface area (Å²) in [7, 11) is 3.21. The molecule has 1 heterocycles. The van der Waals surface area contributed by atoms with Gasteiger partial charge < -0.3 is 4.74 Å². The number of carbonyl (C=O) groups is 1. The van der Waals surface area contributed by atoms with Crippen LogP contribution in [0.4, 0.5) is 4.79 Å². The molecule has 2 aromatic rings. The number of ether oxygens (including phenoxy) is 1. The molecule has 1 aromatic heterocycles. The Morgan fingerprint density at radius 3 is 3.04 bits per heavy atom. The van der Waals surface area contributed by atoms with E-state index in [2.05, 4.69) is 16.9 Å². The van der Waals surface area contributed by atoms with Crippen molar-refractivity contribution >= 4 is 38.8 Å². The van der Waals surface area contributed by atoms with Gasteiger partial charge in [0.2, 0.25) is 0 Å². The summed E-state index contributed by atoms with van der Waals surface area (Å²) in [6.45, 7) is 5.86. The topological polar surface area (TPSA) is 66.2 Å². The van der Waals surface area contributed by atoms with Gasteiger partial charge >= 0.3 is 6.16 Å². The van der Waals surface area contributed by atoms with Crippen molar-refractivity contribution in [2.45, 2.75) is 6.92 Å². The number of para-hydroxylation sites is 1. The molecule has 1 aromatic carbocycles. The highest BCUT2D eigenvalue weighted by atomic mass is 33.1. The molecule has 2 rings (SSSR count). The summed E-state index contributed by atoms with van der Waals surface area (Å²) in [4.78, 5) is 18.8. The van der Waals surface area contributed by atoms with Crippen molar-refractivity contribution in [3.8, 4) is 0 Å². The van der Waals surface area contributed by atoms with Gasteiger partial charge in [0, 0.05) is 5.75 Å². The molecule has 6 nitrogen and oxygen atoms in total. The Morgan fingerprint density at radius 2 is 2.21 bits per heavy atom. The van der Waals surface area contributed by atoms with Crippen LogP contribution >= 0.6 is 21.6 Å². The lowest BCUT2D eigenvalue weighted by molar-refractivity contribution is 0.0434. The summed E-state index contributed by atoms with van der Waals surface area (Å²) in [5.41, 5.74) is 1.25. The fourth-order valence-electron chi connectivity index (χ4n) is 1.60. The van der Waals surface area contributed by atoms with Crippen LogP contribution < -0.4 is 4.84 Å². The number of benzene rings is 1. The third kappa shape index (κ3) is 5.78. The van der Waals surface area contributed by atoms with Gasteiger partial charge in [0.15, 0.2) is 0 Å². The highest BCUT2D eigenvalue weighted by Gasteiger charge is 2.10. The summed E-state index contributed by atoms with van der Waals surface area (Å²) < 4.78 is 5.01. The van der Waals surface area contributed by atoms with E-state index in [-0.39, 0.29) is 6.61 Å². The SMILES string of the molecule is C=C/C=C\C=C(/C)SSCCOC(=O)On1nnc2ccccc21.